The summed E-state index contributed by atoms with van der Waals surface area (Å²) in [5.41, 5.74) is 1.13. The van der Waals surface area contributed by atoms with Gasteiger partial charge in [0.15, 0.2) is 0 Å². The quantitative estimate of drug-likeness (QED) is 0.623. The highest BCUT2D eigenvalue weighted by molar-refractivity contribution is 7.90. The molecule has 128 valence electrons. The summed E-state index contributed by atoms with van der Waals surface area (Å²) in [6, 6.07) is 6.70. The maximum Gasteiger partial charge on any atom is 0.358 e. The molecule has 1 saturated carbocycles. The SMILES string of the molecule is Cc1ncc([N+](=O)[O-])n1S(=O)(=O)c1ccc(C2CCCCC2)cc1. The fourth-order valence-electron chi connectivity index (χ4n) is 3.29. The van der Waals surface area contributed by atoms with Crippen LogP contribution in [0.4, 0.5) is 5.82 Å². The molecular formula is C16H19N3O4S. The van der Waals surface area contributed by atoms with Gasteiger partial charge in [-0.2, -0.15) is 8.42 Å². The van der Waals surface area contributed by atoms with Crippen LogP contribution in [0.5, 0.6) is 0 Å². The number of imidazole rings is 1. The third-order valence-electron chi connectivity index (χ3n) is 4.55. The minimum atomic E-state index is -4.04. The van der Waals surface area contributed by atoms with Crippen molar-refractivity contribution in [2.75, 3.05) is 0 Å². The van der Waals surface area contributed by atoms with E-state index in [0.717, 1.165) is 24.6 Å². The van der Waals surface area contributed by atoms with Gasteiger partial charge in [0.1, 0.15) is 11.1 Å². The van der Waals surface area contributed by atoms with Crippen LogP contribution >= 0.6 is 0 Å². The molecule has 1 fully saturated rings. The fraction of sp³-hybridized carbons (Fsp3) is 0.438. The number of benzene rings is 1. The van der Waals surface area contributed by atoms with Gasteiger partial charge in [0, 0.05) is 6.92 Å². The van der Waals surface area contributed by atoms with E-state index in [0.29, 0.717) is 9.89 Å². The predicted molar refractivity (Wildman–Crippen MR) is 88.5 cm³/mol. The summed E-state index contributed by atoms with van der Waals surface area (Å²) >= 11 is 0. The third-order valence-corrected chi connectivity index (χ3v) is 6.35. The lowest BCUT2D eigenvalue weighted by Gasteiger charge is -2.21. The summed E-state index contributed by atoms with van der Waals surface area (Å²) in [7, 11) is -4.04. The second kappa shape index (κ2) is 6.35. The van der Waals surface area contributed by atoms with Crippen molar-refractivity contribution in [1.29, 1.82) is 0 Å². The first-order valence-electron chi connectivity index (χ1n) is 7.95. The molecule has 0 saturated heterocycles. The minimum absolute atomic E-state index is 0.0336. The number of aromatic nitrogens is 2. The molecule has 0 radical (unpaired) electrons. The van der Waals surface area contributed by atoms with Gasteiger partial charge in [-0.05, 0) is 41.4 Å². The Bertz CT molecular complexity index is 850. The van der Waals surface area contributed by atoms with Crippen LogP contribution in [0.25, 0.3) is 0 Å². The second-order valence-electron chi connectivity index (χ2n) is 6.09. The number of aryl methyl sites for hydroxylation is 1. The van der Waals surface area contributed by atoms with Crippen molar-refractivity contribution in [3.8, 4) is 0 Å². The van der Waals surface area contributed by atoms with E-state index in [1.165, 1.54) is 38.3 Å². The van der Waals surface area contributed by atoms with E-state index < -0.39 is 20.8 Å². The van der Waals surface area contributed by atoms with Crippen molar-refractivity contribution in [2.24, 2.45) is 0 Å². The molecule has 0 N–H and O–H groups in total. The Hall–Kier alpha value is -2.22. The summed E-state index contributed by atoms with van der Waals surface area (Å²) in [4.78, 5) is 14.1. The van der Waals surface area contributed by atoms with E-state index in [1.807, 2.05) is 12.1 Å². The Labute approximate surface area is 140 Å². The normalized spacial score (nSPS) is 16.2. The molecule has 1 aromatic carbocycles. The lowest BCUT2D eigenvalue weighted by atomic mass is 9.84. The van der Waals surface area contributed by atoms with Crippen molar-refractivity contribution in [3.05, 3.63) is 52.0 Å². The molecule has 0 bridgehead atoms. The molecule has 0 spiro atoms. The molecular weight excluding hydrogens is 330 g/mol. The molecule has 0 unspecified atom stereocenters. The van der Waals surface area contributed by atoms with E-state index in [9.17, 15) is 18.5 Å². The van der Waals surface area contributed by atoms with Gasteiger partial charge in [0.25, 0.3) is 0 Å². The Morgan fingerprint density at radius 1 is 1.17 bits per heavy atom. The largest absolute Gasteiger partial charge is 0.358 e. The number of rotatable bonds is 4. The highest BCUT2D eigenvalue weighted by Gasteiger charge is 2.31. The molecule has 3 rings (SSSR count). The lowest BCUT2D eigenvalue weighted by Crippen LogP contribution is -2.17. The summed E-state index contributed by atoms with van der Waals surface area (Å²) in [6.45, 7) is 1.43. The average Bonchev–Trinajstić information content (AvgIpc) is 2.98. The smallest absolute Gasteiger partial charge is 0.358 e. The van der Waals surface area contributed by atoms with Crippen molar-refractivity contribution in [1.82, 2.24) is 8.96 Å². The Kier molecular flexibility index (Phi) is 4.40. The summed E-state index contributed by atoms with van der Waals surface area (Å²) in [5.74, 6) is -0.0123. The van der Waals surface area contributed by atoms with Gasteiger partial charge in [-0.3, -0.25) is 0 Å². The first-order chi connectivity index (χ1) is 11.4. The molecule has 0 aliphatic heterocycles. The molecule has 7 nitrogen and oxygen atoms in total. The first-order valence-corrected chi connectivity index (χ1v) is 9.39. The highest BCUT2D eigenvalue weighted by Crippen LogP contribution is 2.33. The monoisotopic (exact) mass is 349 g/mol. The van der Waals surface area contributed by atoms with Crippen molar-refractivity contribution >= 4 is 15.8 Å². The lowest BCUT2D eigenvalue weighted by molar-refractivity contribution is -0.390. The van der Waals surface area contributed by atoms with Crippen LogP contribution in [0.15, 0.2) is 35.4 Å². The minimum Gasteiger partial charge on any atom is -0.358 e. The van der Waals surface area contributed by atoms with Crippen molar-refractivity contribution in [2.45, 2.75) is 49.8 Å². The van der Waals surface area contributed by atoms with Crippen molar-refractivity contribution < 1.29 is 13.3 Å². The third kappa shape index (κ3) is 2.93. The first kappa shape index (κ1) is 16.6. The standard InChI is InChI=1S/C16H19N3O4S/c1-12-17-11-16(19(20)21)18(12)24(22,23)15-9-7-14(8-10-15)13-5-3-2-4-6-13/h7-11,13H,2-6H2,1H3. The van der Waals surface area contributed by atoms with Crippen molar-refractivity contribution in [3.63, 3.8) is 0 Å². The van der Waals surface area contributed by atoms with E-state index in [-0.39, 0.29) is 10.7 Å². The zero-order chi connectivity index (χ0) is 17.3. The molecule has 1 aromatic heterocycles. The molecule has 1 heterocycles. The second-order valence-corrected chi connectivity index (χ2v) is 7.88. The van der Waals surface area contributed by atoms with Crippen LogP contribution in [0.2, 0.25) is 0 Å². The molecule has 2 aromatic rings. The van der Waals surface area contributed by atoms with Crippen LogP contribution in [0.1, 0.15) is 49.4 Å². The van der Waals surface area contributed by atoms with Crippen LogP contribution in [0.3, 0.4) is 0 Å². The molecule has 1 aliphatic rings. The summed E-state index contributed by atoms with van der Waals surface area (Å²) in [6.07, 6.45) is 6.86. The molecule has 1 aliphatic carbocycles. The number of hydrogen-bond donors (Lipinski definition) is 0. The maximum absolute atomic E-state index is 12.7. The summed E-state index contributed by atoms with van der Waals surface area (Å²) in [5, 5.41) is 11.1. The zero-order valence-corrected chi connectivity index (χ0v) is 14.2. The Morgan fingerprint density at radius 3 is 2.38 bits per heavy atom. The van der Waals surface area contributed by atoms with Gasteiger partial charge in [-0.15, -0.1) is 0 Å². The van der Waals surface area contributed by atoms with Crippen LogP contribution in [0, 0.1) is 17.0 Å². The molecule has 24 heavy (non-hydrogen) atoms. The van der Waals surface area contributed by atoms with Gasteiger partial charge in [-0.25, -0.2) is 4.98 Å². The topological polar surface area (TPSA) is 95.1 Å². The van der Waals surface area contributed by atoms with E-state index in [1.54, 1.807) is 0 Å². The van der Waals surface area contributed by atoms with E-state index in [4.69, 9.17) is 0 Å². The van der Waals surface area contributed by atoms with Gasteiger partial charge < -0.3 is 10.1 Å². The highest BCUT2D eigenvalue weighted by atomic mass is 32.2. The van der Waals surface area contributed by atoms with Gasteiger partial charge >= 0.3 is 15.8 Å². The van der Waals surface area contributed by atoms with E-state index >= 15 is 0 Å². The average molecular weight is 349 g/mol. The van der Waals surface area contributed by atoms with E-state index in [2.05, 4.69) is 4.98 Å². The van der Waals surface area contributed by atoms with Gasteiger partial charge in [-0.1, -0.05) is 35.4 Å². The molecule has 0 atom stereocenters. The Balaban J connectivity index is 1.96. The number of hydrogen-bond acceptors (Lipinski definition) is 5. The van der Waals surface area contributed by atoms with Crippen LogP contribution in [-0.4, -0.2) is 22.3 Å². The molecule has 0 amide bonds. The molecule has 8 heteroatoms. The fourth-order valence-corrected chi connectivity index (χ4v) is 4.74. The zero-order valence-electron chi connectivity index (χ0n) is 13.4. The van der Waals surface area contributed by atoms with Crippen LogP contribution < -0.4 is 0 Å². The van der Waals surface area contributed by atoms with Crippen LogP contribution in [-0.2, 0) is 10.0 Å². The summed E-state index contributed by atoms with van der Waals surface area (Å²) < 4.78 is 26.2. The van der Waals surface area contributed by atoms with Gasteiger partial charge in [0.05, 0.1) is 0 Å². The number of nitro groups is 1. The maximum atomic E-state index is 12.7. The number of nitrogens with zero attached hydrogens (tertiary/aromatic N) is 3. The Morgan fingerprint density at radius 2 is 1.79 bits per heavy atom. The van der Waals surface area contributed by atoms with Gasteiger partial charge in [0.2, 0.25) is 5.82 Å². The predicted octanol–water partition coefficient (Wildman–Crippen LogP) is 3.38.